The molecule has 0 aliphatic rings. The molecule has 1 heterocycles. The first kappa shape index (κ1) is 26.2. The number of hydrogen-bond donors (Lipinski definition) is 3. The van der Waals surface area contributed by atoms with E-state index in [1.54, 1.807) is 4.68 Å². The van der Waals surface area contributed by atoms with Gasteiger partial charge in [-0.1, -0.05) is 42.0 Å². The lowest BCUT2D eigenvalue weighted by atomic mass is 10.1. The number of halogens is 1. The molecule has 0 aliphatic heterocycles. The highest BCUT2D eigenvalue weighted by Gasteiger charge is 2.16. The molecule has 3 aromatic rings. The maximum atomic E-state index is 9.56. The Hall–Kier alpha value is -3.06. The molecule has 0 spiro atoms. The van der Waals surface area contributed by atoms with Gasteiger partial charge in [-0.05, 0) is 56.9 Å². The van der Waals surface area contributed by atoms with Crippen molar-refractivity contribution in [2.75, 3.05) is 18.8 Å². The summed E-state index contributed by atoms with van der Waals surface area (Å²) in [6, 6.07) is 18.3. The number of aliphatic imine (C=N–C) groups is 1. The fraction of sp³-hybridized carbons (Fsp3) is 0.320. The van der Waals surface area contributed by atoms with Crippen LogP contribution >= 0.6 is 24.0 Å². The quantitative estimate of drug-likeness (QED) is 0.166. The molecule has 0 aliphatic carbocycles. The number of anilines is 1. The summed E-state index contributed by atoms with van der Waals surface area (Å²) in [7, 11) is 0. The van der Waals surface area contributed by atoms with Gasteiger partial charge >= 0.3 is 0 Å². The van der Waals surface area contributed by atoms with Crippen LogP contribution in [0.4, 0.5) is 5.82 Å². The lowest BCUT2D eigenvalue weighted by molar-refractivity contribution is 0.722. The van der Waals surface area contributed by atoms with Crippen molar-refractivity contribution in [2.24, 2.45) is 4.99 Å². The average molecular weight is 557 g/mol. The molecule has 0 atom stereocenters. The number of nitrogens with two attached hydrogens (primary N) is 1. The number of guanidine groups is 1. The number of nitrogen functional groups attached to an aromatic ring is 1. The van der Waals surface area contributed by atoms with Crippen molar-refractivity contribution in [1.82, 2.24) is 20.4 Å². The highest BCUT2D eigenvalue weighted by atomic mass is 127. The highest BCUT2D eigenvalue weighted by molar-refractivity contribution is 14.0. The number of aryl methyl sites for hydroxylation is 3. The number of benzene rings is 2. The molecule has 0 radical (unpaired) electrons. The average Bonchev–Trinajstić information content (AvgIpc) is 3.11. The maximum absolute atomic E-state index is 9.56. The molecule has 0 bridgehead atoms. The van der Waals surface area contributed by atoms with Crippen LogP contribution in [0.2, 0.25) is 0 Å². The van der Waals surface area contributed by atoms with Gasteiger partial charge in [-0.2, -0.15) is 10.4 Å². The summed E-state index contributed by atoms with van der Waals surface area (Å²) in [4.78, 5) is 4.71. The van der Waals surface area contributed by atoms with Crippen LogP contribution in [0.5, 0.6) is 0 Å². The van der Waals surface area contributed by atoms with Crippen molar-refractivity contribution in [1.29, 1.82) is 5.26 Å². The number of nitriles is 1. The molecule has 33 heavy (non-hydrogen) atoms. The summed E-state index contributed by atoms with van der Waals surface area (Å²) < 4.78 is 1.64. The van der Waals surface area contributed by atoms with Gasteiger partial charge in [0.1, 0.15) is 17.5 Å². The second-order valence-corrected chi connectivity index (χ2v) is 7.72. The van der Waals surface area contributed by atoms with E-state index in [4.69, 9.17) is 10.7 Å². The van der Waals surface area contributed by atoms with E-state index >= 15 is 0 Å². The minimum atomic E-state index is 0. The van der Waals surface area contributed by atoms with E-state index in [1.165, 1.54) is 16.7 Å². The predicted molar refractivity (Wildman–Crippen MR) is 145 cm³/mol. The van der Waals surface area contributed by atoms with Crippen molar-refractivity contribution in [3.8, 4) is 11.8 Å². The molecule has 7 nitrogen and oxygen atoms in total. The van der Waals surface area contributed by atoms with E-state index in [9.17, 15) is 5.26 Å². The Morgan fingerprint density at radius 2 is 1.91 bits per heavy atom. The van der Waals surface area contributed by atoms with Crippen molar-refractivity contribution < 1.29 is 0 Å². The molecule has 0 amide bonds. The molecule has 8 heteroatoms. The highest BCUT2D eigenvalue weighted by Crippen LogP contribution is 2.21. The van der Waals surface area contributed by atoms with Crippen LogP contribution in [0, 0.1) is 25.2 Å². The first-order valence-corrected chi connectivity index (χ1v) is 10.9. The summed E-state index contributed by atoms with van der Waals surface area (Å²) in [5.41, 5.74) is 11.9. The Morgan fingerprint density at radius 3 is 2.58 bits per heavy atom. The Labute approximate surface area is 213 Å². The molecule has 4 N–H and O–H groups in total. The van der Waals surface area contributed by atoms with Crippen molar-refractivity contribution in [3.63, 3.8) is 0 Å². The zero-order valence-electron chi connectivity index (χ0n) is 19.4. The molecule has 0 saturated heterocycles. The van der Waals surface area contributed by atoms with Crippen LogP contribution in [-0.2, 0) is 13.0 Å². The third-order valence-corrected chi connectivity index (χ3v) is 5.24. The molecule has 0 saturated carbocycles. The predicted octanol–water partition coefficient (Wildman–Crippen LogP) is 4.25. The monoisotopic (exact) mass is 557 g/mol. The van der Waals surface area contributed by atoms with E-state index in [0.717, 1.165) is 24.6 Å². The van der Waals surface area contributed by atoms with Gasteiger partial charge in [0.2, 0.25) is 0 Å². The molecule has 2 aromatic carbocycles. The van der Waals surface area contributed by atoms with Crippen LogP contribution < -0.4 is 16.4 Å². The van der Waals surface area contributed by atoms with Gasteiger partial charge in [0.05, 0.1) is 17.9 Å². The zero-order valence-corrected chi connectivity index (χ0v) is 21.8. The smallest absolute Gasteiger partial charge is 0.191 e. The standard InChI is InChI=1S/C25H31N7.HI/c1-4-28-25(30-17-20-13-12-18(2)15-19(20)3)29-14-8-11-23-22(16-26)24(27)32(31-23)21-9-6-5-7-10-21;/h5-7,9-10,12-13,15H,4,8,11,14,17,27H2,1-3H3,(H2,28,29,30);1H. The van der Waals surface area contributed by atoms with E-state index in [2.05, 4.69) is 53.8 Å². The van der Waals surface area contributed by atoms with Crippen LogP contribution in [0.25, 0.3) is 5.69 Å². The second-order valence-electron chi connectivity index (χ2n) is 7.72. The third-order valence-electron chi connectivity index (χ3n) is 5.24. The minimum absolute atomic E-state index is 0. The Bertz CT molecular complexity index is 1110. The normalized spacial score (nSPS) is 10.9. The van der Waals surface area contributed by atoms with E-state index in [0.29, 0.717) is 36.6 Å². The number of rotatable bonds is 8. The van der Waals surface area contributed by atoms with Crippen LogP contribution in [-0.4, -0.2) is 28.8 Å². The van der Waals surface area contributed by atoms with Gasteiger partial charge in [0.15, 0.2) is 5.96 Å². The SMILES string of the molecule is CCNC(=NCc1ccc(C)cc1C)NCCCc1nn(-c2ccccc2)c(N)c1C#N.I. The van der Waals surface area contributed by atoms with Crippen LogP contribution in [0.15, 0.2) is 53.5 Å². The first-order chi connectivity index (χ1) is 15.5. The number of nitrogens with zero attached hydrogens (tertiary/aromatic N) is 4. The fourth-order valence-electron chi connectivity index (χ4n) is 3.53. The summed E-state index contributed by atoms with van der Waals surface area (Å²) in [6.45, 7) is 8.38. The number of hydrogen-bond acceptors (Lipinski definition) is 4. The molecule has 0 fully saturated rings. The van der Waals surface area contributed by atoms with Crippen LogP contribution in [0.3, 0.4) is 0 Å². The Morgan fingerprint density at radius 1 is 1.15 bits per heavy atom. The second kappa shape index (κ2) is 12.8. The van der Waals surface area contributed by atoms with Crippen LogP contribution in [0.1, 0.15) is 41.3 Å². The maximum Gasteiger partial charge on any atom is 0.191 e. The lowest BCUT2D eigenvalue weighted by Crippen LogP contribution is -2.37. The van der Waals surface area contributed by atoms with E-state index in [-0.39, 0.29) is 24.0 Å². The van der Waals surface area contributed by atoms with E-state index < -0.39 is 0 Å². The Kier molecular flexibility index (Phi) is 10.2. The van der Waals surface area contributed by atoms with Crippen molar-refractivity contribution in [2.45, 2.75) is 40.2 Å². The Balaban J connectivity index is 0.00000385. The topological polar surface area (TPSA) is 104 Å². The summed E-state index contributed by atoms with van der Waals surface area (Å²) in [6.07, 6.45) is 1.45. The van der Waals surface area contributed by atoms with Gasteiger partial charge in [-0.25, -0.2) is 9.67 Å². The third kappa shape index (κ3) is 6.96. The lowest BCUT2D eigenvalue weighted by Gasteiger charge is -2.12. The molecule has 0 unspecified atom stereocenters. The van der Waals surface area contributed by atoms with E-state index in [1.807, 2.05) is 37.3 Å². The zero-order chi connectivity index (χ0) is 22.9. The van der Waals surface area contributed by atoms with Gasteiger partial charge < -0.3 is 16.4 Å². The number of nitrogens with one attached hydrogen (secondary N) is 2. The van der Waals surface area contributed by atoms with Gasteiger partial charge in [0.25, 0.3) is 0 Å². The van der Waals surface area contributed by atoms with Gasteiger partial charge in [-0.15, -0.1) is 24.0 Å². The van der Waals surface area contributed by atoms with Gasteiger partial charge in [-0.3, -0.25) is 0 Å². The fourth-order valence-corrected chi connectivity index (χ4v) is 3.53. The van der Waals surface area contributed by atoms with Gasteiger partial charge in [0, 0.05) is 13.1 Å². The summed E-state index contributed by atoms with van der Waals surface area (Å²) in [5, 5.41) is 20.8. The molecule has 1 aromatic heterocycles. The number of para-hydroxylation sites is 1. The van der Waals surface area contributed by atoms with Crippen molar-refractivity contribution >= 4 is 35.8 Å². The minimum Gasteiger partial charge on any atom is -0.382 e. The van der Waals surface area contributed by atoms with Crippen molar-refractivity contribution in [3.05, 3.63) is 76.5 Å². The molecular formula is C25H32IN7. The summed E-state index contributed by atoms with van der Waals surface area (Å²) >= 11 is 0. The number of aromatic nitrogens is 2. The molecule has 3 rings (SSSR count). The first-order valence-electron chi connectivity index (χ1n) is 10.9. The summed E-state index contributed by atoms with van der Waals surface area (Å²) in [5.74, 6) is 1.16. The molecular weight excluding hydrogens is 525 g/mol. The largest absolute Gasteiger partial charge is 0.382 e. The molecule has 174 valence electrons.